The van der Waals surface area contributed by atoms with Gasteiger partial charge in [0.15, 0.2) is 0 Å². The Bertz CT molecular complexity index is 200. The van der Waals surface area contributed by atoms with Gasteiger partial charge in [0.25, 0.3) is 0 Å². The predicted molar refractivity (Wildman–Crippen MR) is 83.4 cm³/mol. The summed E-state index contributed by atoms with van der Waals surface area (Å²) in [5, 5.41) is 8.97. The van der Waals surface area contributed by atoms with Crippen LogP contribution in [0.2, 0.25) is 0 Å². The lowest BCUT2D eigenvalue weighted by molar-refractivity contribution is -0.136. The lowest BCUT2D eigenvalue weighted by Crippen LogP contribution is -3.00. The van der Waals surface area contributed by atoms with Crippen LogP contribution in [0.4, 0.5) is 0 Å². The molecule has 0 spiro atoms. The van der Waals surface area contributed by atoms with Gasteiger partial charge in [-0.25, -0.2) is 0 Å². The van der Waals surface area contributed by atoms with Crippen molar-refractivity contribution >= 4 is 13.2 Å². The van der Waals surface area contributed by atoms with E-state index in [0.717, 1.165) is 6.16 Å². The van der Waals surface area contributed by atoms with E-state index >= 15 is 0 Å². The molecule has 116 valence electrons. The molecule has 0 aromatic heterocycles. The van der Waals surface area contributed by atoms with Gasteiger partial charge in [0.1, 0.15) is 0 Å². The molecule has 0 rings (SSSR count). The SMILES string of the molecule is CCCC[P+](CCCC)(CCCC)CCC(=O)O.[F-]. The van der Waals surface area contributed by atoms with E-state index in [1.165, 1.54) is 57.0 Å². The molecule has 0 radical (unpaired) electrons. The molecule has 0 bridgehead atoms. The third-order valence-corrected chi connectivity index (χ3v) is 8.73. The lowest BCUT2D eigenvalue weighted by Gasteiger charge is -2.27. The van der Waals surface area contributed by atoms with Crippen molar-refractivity contribution < 1.29 is 14.6 Å². The van der Waals surface area contributed by atoms with Crippen LogP contribution in [0.15, 0.2) is 0 Å². The monoisotopic (exact) mass is 294 g/mol. The minimum atomic E-state index is -0.980. The number of halogens is 1. The van der Waals surface area contributed by atoms with Crippen molar-refractivity contribution in [2.24, 2.45) is 0 Å². The Labute approximate surface area is 119 Å². The number of unbranched alkanes of at least 4 members (excludes halogenated alkanes) is 3. The number of hydrogen-bond acceptors (Lipinski definition) is 1. The van der Waals surface area contributed by atoms with Crippen LogP contribution in [-0.4, -0.2) is 35.7 Å². The van der Waals surface area contributed by atoms with Gasteiger partial charge in [-0.05, 0) is 19.3 Å². The Morgan fingerprint density at radius 1 is 0.842 bits per heavy atom. The largest absolute Gasteiger partial charge is 1.00 e. The van der Waals surface area contributed by atoms with Crippen LogP contribution in [0, 0.1) is 0 Å². The maximum absolute atomic E-state index is 10.9. The molecule has 4 heteroatoms. The van der Waals surface area contributed by atoms with Crippen LogP contribution in [-0.2, 0) is 4.79 Å². The fraction of sp³-hybridized carbons (Fsp3) is 0.933. The summed E-state index contributed by atoms with van der Waals surface area (Å²) >= 11 is 0. The third kappa shape index (κ3) is 10.3. The fourth-order valence-electron chi connectivity index (χ4n) is 2.48. The number of carbonyl (C=O) groups is 1. The van der Waals surface area contributed by atoms with Crippen molar-refractivity contribution in [3.63, 3.8) is 0 Å². The Balaban J connectivity index is 0. The number of aliphatic carboxylic acids is 1. The van der Waals surface area contributed by atoms with Crippen molar-refractivity contribution in [2.75, 3.05) is 24.6 Å². The van der Waals surface area contributed by atoms with E-state index in [0.29, 0.717) is 6.42 Å². The number of rotatable bonds is 12. The molecule has 0 aromatic rings. The van der Waals surface area contributed by atoms with Crippen LogP contribution >= 0.6 is 7.26 Å². The first-order chi connectivity index (χ1) is 8.60. The second-order valence-electron chi connectivity index (χ2n) is 5.44. The number of carboxylic acids is 1. The quantitative estimate of drug-likeness (QED) is 0.558. The molecule has 0 saturated carbocycles. The summed E-state index contributed by atoms with van der Waals surface area (Å²) in [6.07, 6.45) is 13.0. The summed E-state index contributed by atoms with van der Waals surface area (Å²) in [7, 11) is -0.980. The minimum absolute atomic E-state index is 0. The molecule has 0 aromatic carbocycles. The van der Waals surface area contributed by atoms with Crippen LogP contribution < -0.4 is 4.70 Å². The summed E-state index contributed by atoms with van der Waals surface area (Å²) < 4.78 is 0. The van der Waals surface area contributed by atoms with Gasteiger partial charge in [-0.15, -0.1) is 0 Å². The second-order valence-corrected chi connectivity index (χ2v) is 9.91. The van der Waals surface area contributed by atoms with Crippen molar-refractivity contribution in [3.8, 4) is 0 Å². The van der Waals surface area contributed by atoms with Gasteiger partial charge in [0.05, 0.1) is 31.1 Å². The highest BCUT2D eigenvalue weighted by atomic mass is 31.2. The zero-order valence-corrected chi connectivity index (χ0v) is 13.9. The van der Waals surface area contributed by atoms with Crippen molar-refractivity contribution in [1.29, 1.82) is 0 Å². The van der Waals surface area contributed by atoms with E-state index in [9.17, 15) is 4.79 Å². The van der Waals surface area contributed by atoms with E-state index in [2.05, 4.69) is 20.8 Å². The van der Waals surface area contributed by atoms with Crippen molar-refractivity contribution in [3.05, 3.63) is 0 Å². The van der Waals surface area contributed by atoms with E-state index < -0.39 is 13.2 Å². The molecule has 0 aliphatic heterocycles. The average Bonchev–Trinajstić information content (AvgIpc) is 2.37. The molecule has 19 heavy (non-hydrogen) atoms. The van der Waals surface area contributed by atoms with E-state index in [1.54, 1.807) is 0 Å². The second kappa shape index (κ2) is 12.8. The molecule has 0 amide bonds. The lowest BCUT2D eigenvalue weighted by atomic mass is 10.4. The van der Waals surface area contributed by atoms with Gasteiger partial charge < -0.3 is 9.81 Å². The summed E-state index contributed by atoms with van der Waals surface area (Å²) in [6.45, 7) is 6.72. The molecule has 0 aliphatic carbocycles. The summed E-state index contributed by atoms with van der Waals surface area (Å²) in [5.74, 6) is -0.608. The molecule has 0 saturated heterocycles. The normalized spacial score (nSPS) is 11.1. The molecule has 0 fully saturated rings. The van der Waals surface area contributed by atoms with Crippen LogP contribution in [0.5, 0.6) is 0 Å². The molecule has 0 heterocycles. The van der Waals surface area contributed by atoms with Gasteiger partial charge in [0, 0.05) is 7.26 Å². The summed E-state index contributed by atoms with van der Waals surface area (Å²) in [4.78, 5) is 10.9. The molecule has 1 N–H and O–H groups in total. The first-order valence-corrected chi connectivity index (χ1v) is 10.2. The topological polar surface area (TPSA) is 37.3 Å². The van der Waals surface area contributed by atoms with Gasteiger partial charge in [-0.3, -0.25) is 4.79 Å². The zero-order valence-electron chi connectivity index (χ0n) is 13.0. The highest BCUT2D eigenvalue weighted by Gasteiger charge is 2.35. The van der Waals surface area contributed by atoms with Crippen LogP contribution in [0.3, 0.4) is 0 Å². The Morgan fingerprint density at radius 3 is 1.47 bits per heavy atom. The summed E-state index contributed by atoms with van der Waals surface area (Å²) in [6, 6.07) is 0. The average molecular weight is 294 g/mol. The highest BCUT2D eigenvalue weighted by molar-refractivity contribution is 7.75. The predicted octanol–water partition coefficient (Wildman–Crippen LogP) is 1.88. The van der Waals surface area contributed by atoms with Crippen molar-refractivity contribution in [1.82, 2.24) is 0 Å². The van der Waals surface area contributed by atoms with Crippen LogP contribution in [0.1, 0.15) is 65.7 Å². The maximum atomic E-state index is 10.9. The third-order valence-electron chi connectivity index (χ3n) is 3.76. The minimum Gasteiger partial charge on any atom is -1.00 e. The summed E-state index contributed by atoms with van der Waals surface area (Å²) in [5.41, 5.74) is 0. The Hall–Kier alpha value is -0.170. The Kier molecular flexibility index (Phi) is 14.3. The smallest absolute Gasteiger partial charge is 0.307 e. The van der Waals surface area contributed by atoms with E-state index in [1.807, 2.05) is 0 Å². The number of hydrogen-bond donors (Lipinski definition) is 1. The highest BCUT2D eigenvalue weighted by Crippen LogP contribution is 2.61. The molecular weight excluding hydrogens is 262 g/mol. The molecule has 0 atom stereocenters. The molecular formula is C15H32FO2P. The van der Waals surface area contributed by atoms with E-state index in [4.69, 9.17) is 5.11 Å². The molecule has 2 nitrogen and oxygen atoms in total. The van der Waals surface area contributed by atoms with Crippen molar-refractivity contribution in [2.45, 2.75) is 65.7 Å². The molecule has 0 aliphatic rings. The molecule has 0 unspecified atom stereocenters. The number of carboxylic acid groups (broad SMARTS) is 1. The van der Waals surface area contributed by atoms with Crippen LogP contribution in [0.25, 0.3) is 0 Å². The van der Waals surface area contributed by atoms with Gasteiger partial charge in [-0.1, -0.05) is 40.0 Å². The standard InChI is InChI=1S/C15H31O2P.FH/c1-4-7-11-18(12-8-5-2,13-9-6-3)14-10-15(16)17;/h4-14H2,1-3H3;1H. The first-order valence-electron chi connectivity index (χ1n) is 7.67. The van der Waals surface area contributed by atoms with Gasteiger partial charge in [-0.2, -0.15) is 0 Å². The first kappa shape index (κ1) is 21.1. The van der Waals surface area contributed by atoms with Gasteiger partial charge >= 0.3 is 5.97 Å². The maximum Gasteiger partial charge on any atom is 0.307 e. The zero-order chi connectivity index (χ0) is 13.9. The van der Waals surface area contributed by atoms with Gasteiger partial charge in [0.2, 0.25) is 0 Å². The van der Waals surface area contributed by atoms with E-state index in [-0.39, 0.29) is 4.70 Å². The fourth-order valence-corrected chi connectivity index (χ4v) is 7.45. The Morgan fingerprint density at radius 2 is 1.21 bits per heavy atom.